The number of hydrogen-bond donors (Lipinski definition) is 1. The van der Waals surface area contributed by atoms with E-state index in [1.54, 1.807) is 0 Å². The first-order chi connectivity index (χ1) is 5.95. The minimum atomic E-state index is 0.135. The highest BCUT2D eigenvalue weighted by Crippen LogP contribution is 2.24. The molecule has 0 atom stereocenters. The molecule has 0 bridgehead atoms. The summed E-state index contributed by atoms with van der Waals surface area (Å²) in [4.78, 5) is 0. The average molecular weight is 178 g/mol. The van der Waals surface area contributed by atoms with Crippen LogP contribution in [0.5, 0.6) is 0 Å². The molecule has 72 valence electrons. The molecule has 0 aliphatic heterocycles. The van der Waals surface area contributed by atoms with Crippen LogP contribution >= 0.6 is 0 Å². The van der Waals surface area contributed by atoms with Gasteiger partial charge >= 0.3 is 0 Å². The Hall–Kier alpha value is -0.820. The van der Waals surface area contributed by atoms with Crippen LogP contribution in [0.4, 0.5) is 0 Å². The Morgan fingerprint density at radius 1 is 1.23 bits per heavy atom. The van der Waals surface area contributed by atoms with E-state index in [9.17, 15) is 0 Å². The number of hydrogen-bond acceptors (Lipinski definition) is 1. The van der Waals surface area contributed by atoms with Gasteiger partial charge in [0.05, 0.1) is 6.61 Å². The lowest BCUT2D eigenvalue weighted by molar-refractivity contribution is 0.280. The second kappa shape index (κ2) is 3.51. The van der Waals surface area contributed by atoms with E-state index in [2.05, 4.69) is 39.0 Å². The van der Waals surface area contributed by atoms with E-state index < -0.39 is 0 Å². The summed E-state index contributed by atoms with van der Waals surface area (Å²) in [5, 5.41) is 9.11. The van der Waals surface area contributed by atoms with Crippen LogP contribution in [-0.2, 0) is 12.0 Å². The maximum Gasteiger partial charge on any atom is 0.0684 e. The van der Waals surface area contributed by atoms with E-state index in [4.69, 9.17) is 5.11 Å². The smallest absolute Gasteiger partial charge is 0.0684 e. The molecular formula is C12H18O. The van der Waals surface area contributed by atoms with Gasteiger partial charge in [0.15, 0.2) is 0 Å². The third kappa shape index (κ3) is 2.31. The number of aliphatic hydroxyl groups is 1. The van der Waals surface area contributed by atoms with E-state index >= 15 is 0 Å². The lowest BCUT2D eigenvalue weighted by Crippen LogP contribution is -2.11. The molecule has 0 aliphatic carbocycles. The van der Waals surface area contributed by atoms with E-state index in [1.807, 2.05) is 6.92 Å². The van der Waals surface area contributed by atoms with Crippen LogP contribution in [0, 0.1) is 6.92 Å². The predicted octanol–water partition coefficient (Wildman–Crippen LogP) is 2.78. The van der Waals surface area contributed by atoms with E-state index in [1.165, 1.54) is 5.56 Å². The zero-order valence-electron chi connectivity index (χ0n) is 8.89. The van der Waals surface area contributed by atoms with Crippen molar-refractivity contribution in [3.63, 3.8) is 0 Å². The first-order valence-corrected chi connectivity index (χ1v) is 4.66. The van der Waals surface area contributed by atoms with Gasteiger partial charge in [0.2, 0.25) is 0 Å². The molecule has 0 saturated carbocycles. The average Bonchev–Trinajstić information content (AvgIpc) is 2.03. The number of benzene rings is 1. The van der Waals surface area contributed by atoms with Crippen LogP contribution in [-0.4, -0.2) is 5.11 Å². The highest BCUT2D eigenvalue weighted by atomic mass is 16.3. The van der Waals surface area contributed by atoms with Crippen LogP contribution in [0.1, 0.15) is 37.5 Å². The Labute approximate surface area is 80.4 Å². The quantitative estimate of drug-likeness (QED) is 0.701. The van der Waals surface area contributed by atoms with Gasteiger partial charge in [0.1, 0.15) is 0 Å². The summed E-state index contributed by atoms with van der Waals surface area (Å²) >= 11 is 0. The summed E-state index contributed by atoms with van der Waals surface area (Å²) in [6, 6.07) is 6.30. The van der Waals surface area contributed by atoms with Crippen molar-refractivity contribution in [3.8, 4) is 0 Å². The molecule has 1 aromatic carbocycles. The Balaban J connectivity index is 3.14. The molecule has 0 fully saturated rings. The molecule has 0 radical (unpaired) electrons. The fourth-order valence-corrected chi connectivity index (χ4v) is 1.31. The van der Waals surface area contributed by atoms with E-state index in [0.717, 1.165) is 11.1 Å². The van der Waals surface area contributed by atoms with E-state index in [0.29, 0.717) is 0 Å². The molecule has 1 nitrogen and oxygen atoms in total. The Morgan fingerprint density at radius 3 is 2.31 bits per heavy atom. The Kier molecular flexibility index (Phi) is 2.77. The molecule has 0 unspecified atom stereocenters. The standard InChI is InChI=1S/C12H18O/c1-9-5-6-11(12(2,3)4)7-10(9)8-13/h5-7,13H,8H2,1-4H3. The zero-order valence-corrected chi connectivity index (χ0v) is 8.89. The van der Waals surface area contributed by atoms with Gasteiger partial charge in [-0.1, -0.05) is 39.0 Å². The summed E-state index contributed by atoms with van der Waals surface area (Å²) in [6.45, 7) is 8.70. The largest absolute Gasteiger partial charge is 0.392 e. The second-order valence-electron chi connectivity index (χ2n) is 4.55. The molecule has 1 heteroatoms. The van der Waals surface area contributed by atoms with Gasteiger partial charge < -0.3 is 5.11 Å². The van der Waals surface area contributed by atoms with Crippen LogP contribution in [0.15, 0.2) is 18.2 Å². The zero-order chi connectivity index (χ0) is 10.1. The second-order valence-corrected chi connectivity index (χ2v) is 4.55. The molecule has 0 aromatic heterocycles. The van der Waals surface area contributed by atoms with Gasteiger partial charge in [-0.05, 0) is 29.0 Å². The van der Waals surface area contributed by atoms with Crippen LogP contribution in [0.3, 0.4) is 0 Å². The number of aliphatic hydroxyl groups excluding tert-OH is 1. The van der Waals surface area contributed by atoms with Gasteiger partial charge in [-0.15, -0.1) is 0 Å². The summed E-state index contributed by atoms with van der Waals surface area (Å²) < 4.78 is 0. The molecule has 1 N–H and O–H groups in total. The maximum atomic E-state index is 9.11. The van der Waals surface area contributed by atoms with Crippen molar-refractivity contribution in [1.29, 1.82) is 0 Å². The molecule has 13 heavy (non-hydrogen) atoms. The fraction of sp³-hybridized carbons (Fsp3) is 0.500. The van der Waals surface area contributed by atoms with Crippen molar-refractivity contribution in [2.24, 2.45) is 0 Å². The van der Waals surface area contributed by atoms with Crippen molar-refractivity contribution in [2.45, 2.75) is 39.7 Å². The SMILES string of the molecule is Cc1ccc(C(C)(C)C)cc1CO. The van der Waals surface area contributed by atoms with Crippen molar-refractivity contribution < 1.29 is 5.11 Å². The normalized spacial score (nSPS) is 11.8. The molecule has 0 heterocycles. The minimum Gasteiger partial charge on any atom is -0.392 e. The third-order valence-corrected chi connectivity index (χ3v) is 2.39. The molecule has 1 rings (SSSR count). The first-order valence-electron chi connectivity index (χ1n) is 4.66. The first kappa shape index (κ1) is 10.3. The Morgan fingerprint density at radius 2 is 1.85 bits per heavy atom. The fourth-order valence-electron chi connectivity index (χ4n) is 1.31. The van der Waals surface area contributed by atoms with Crippen LogP contribution in [0.2, 0.25) is 0 Å². The number of aryl methyl sites for hydroxylation is 1. The van der Waals surface area contributed by atoms with Gasteiger partial charge in [0.25, 0.3) is 0 Å². The highest BCUT2D eigenvalue weighted by Gasteiger charge is 2.14. The maximum absolute atomic E-state index is 9.11. The summed E-state index contributed by atoms with van der Waals surface area (Å²) in [5.41, 5.74) is 3.64. The summed E-state index contributed by atoms with van der Waals surface area (Å²) in [5.74, 6) is 0. The van der Waals surface area contributed by atoms with Gasteiger partial charge in [-0.25, -0.2) is 0 Å². The third-order valence-electron chi connectivity index (χ3n) is 2.39. The Bertz CT molecular complexity index is 294. The van der Waals surface area contributed by atoms with Crippen molar-refractivity contribution in [2.75, 3.05) is 0 Å². The van der Waals surface area contributed by atoms with Crippen molar-refractivity contribution in [1.82, 2.24) is 0 Å². The van der Waals surface area contributed by atoms with Crippen molar-refractivity contribution >= 4 is 0 Å². The summed E-state index contributed by atoms with van der Waals surface area (Å²) in [6.07, 6.45) is 0. The van der Waals surface area contributed by atoms with Crippen LogP contribution < -0.4 is 0 Å². The lowest BCUT2D eigenvalue weighted by Gasteiger charge is -2.20. The van der Waals surface area contributed by atoms with Crippen molar-refractivity contribution in [3.05, 3.63) is 34.9 Å². The summed E-state index contributed by atoms with van der Waals surface area (Å²) in [7, 11) is 0. The molecule has 0 aliphatic rings. The lowest BCUT2D eigenvalue weighted by atomic mass is 9.85. The highest BCUT2D eigenvalue weighted by molar-refractivity contribution is 5.33. The predicted molar refractivity (Wildman–Crippen MR) is 55.8 cm³/mol. The minimum absolute atomic E-state index is 0.135. The molecule has 0 amide bonds. The van der Waals surface area contributed by atoms with E-state index in [-0.39, 0.29) is 12.0 Å². The molecule has 0 spiro atoms. The monoisotopic (exact) mass is 178 g/mol. The van der Waals surface area contributed by atoms with Crippen LogP contribution in [0.25, 0.3) is 0 Å². The molecular weight excluding hydrogens is 160 g/mol. The van der Waals surface area contributed by atoms with Gasteiger partial charge in [-0.2, -0.15) is 0 Å². The molecule has 1 aromatic rings. The number of rotatable bonds is 1. The molecule has 0 saturated heterocycles. The van der Waals surface area contributed by atoms with Gasteiger partial charge in [0, 0.05) is 0 Å². The topological polar surface area (TPSA) is 20.2 Å². The van der Waals surface area contributed by atoms with Gasteiger partial charge in [-0.3, -0.25) is 0 Å².